The normalized spacial score (nSPS) is 19.4. The average molecular weight is 296 g/mol. The molecule has 1 aliphatic heterocycles. The zero-order chi connectivity index (χ0) is 14.4. The first-order valence-corrected chi connectivity index (χ1v) is 9.15. The SMILES string of the molecule is CS(=O)(=O)c1ccc(CNCCCC2CCNC2)cc1. The van der Waals surface area contributed by atoms with Gasteiger partial charge in [0, 0.05) is 12.8 Å². The number of nitrogens with one attached hydrogen (secondary N) is 2. The molecule has 1 saturated heterocycles. The Labute approximate surface area is 121 Å². The van der Waals surface area contributed by atoms with Crippen LogP contribution in [0.25, 0.3) is 0 Å². The molecule has 1 aromatic rings. The maximum absolute atomic E-state index is 11.3. The van der Waals surface area contributed by atoms with E-state index in [1.165, 1.54) is 38.6 Å². The Morgan fingerprint density at radius 1 is 1.30 bits per heavy atom. The van der Waals surface area contributed by atoms with Gasteiger partial charge in [-0.25, -0.2) is 8.42 Å². The molecule has 1 aliphatic rings. The molecular formula is C15H24N2O2S. The molecule has 20 heavy (non-hydrogen) atoms. The van der Waals surface area contributed by atoms with Crippen LogP contribution in [0.3, 0.4) is 0 Å². The van der Waals surface area contributed by atoms with Gasteiger partial charge in [0.15, 0.2) is 9.84 Å². The van der Waals surface area contributed by atoms with Crippen molar-refractivity contribution >= 4 is 9.84 Å². The molecule has 1 aromatic carbocycles. The van der Waals surface area contributed by atoms with E-state index in [1.54, 1.807) is 12.1 Å². The maximum Gasteiger partial charge on any atom is 0.175 e. The van der Waals surface area contributed by atoms with Crippen LogP contribution in [-0.2, 0) is 16.4 Å². The van der Waals surface area contributed by atoms with Crippen molar-refractivity contribution in [2.24, 2.45) is 5.92 Å². The smallest absolute Gasteiger partial charge is 0.175 e. The molecule has 0 spiro atoms. The van der Waals surface area contributed by atoms with Gasteiger partial charge >= 0.3 is 0 Å². The summed E-state index contributed by atoms with van der Waals surface area (Å²) >= 11 is 0. The van der Waals surface area contributed by atoms with E-state index in [-0.39, 0.29) is 0 Å². The molecule has 1 heterocycles. The Hall–Kier alpha value is -0.910. The zero-order valence-corrected chi connectivity index (χ0v) is 12.9. The van der Waals surface area contributed by atoms with Crippen molar-refractivity contribution in [2.75, 3.05) is 25.9 Å². The van der Waals surface area contributed by atoms with Crippen LogP contribution in [0, 0.1) is 5.92 Å². The summed E-state index contributed by atoms with van der Waals surface area (Å²) in [6, 6.07) is 7.11. The van der Waals surface area contributed by atoms with Gasteiger partial charge in [-0.05, 0) is 62.5 Å². The first-order chi connectivity index (χ1) is 9.55. The van der Waals surface area contributed by atoms with Gasteiger partial charge in [-0.3, -0.25) is 0 Å². The van der Waals surface area contributed by atoms with Crippen LogP contribution >= 0.6 is 0 Å². The van der Waals surface area contributed by atoms with Crippen molar-refractivity contribution in [1.29, 1.82) is 0 Å². The second kappa shape index (κ2) is 7.20. The van der Waals surface area contributed by atoms with Gasteiger partial charge in [-0.1, -0.05) is 12.1 Å². The summed E-state index contributed by atoms with van der Waals surface area (Å²) in [5, 5.41) is 6.80. The Morgan fingerprint density at radius 3 is 2.65 bits per heavy atom. The summed E-state index contributed by atoms with van der Waals surface area (Å²) in [5.74, 6) is 0.853. The molecule has 0 saturated carbocycles. The lowest BCUT2D eigenvalue weighted by molar-refractivity contribution is 0.492. The van der Waals surface area contributed by atoms with Gasteiger partial charge in [0.2, 0.25) is 0 Å². The van der Waals surface area contributed by atoms with Crippen LogP contribution in [0.4, 0.5) is 0 Å². The van der Waals surface area contributed by atoms with E-state index in [4.69, 9.17) is 0 Å². The third-order valence-electron chi connectivity index (χ3n) is 3.81. The maximum atomic E-state index is 11.3. The van der Waals surface area contributed by atoms with Gasteiger partial charge in [0.05, 0.1) is 4.90 Å². The standard InChI is InChI=1S/C15H24N2O2S/c1-20(18,19)15-6-4-14(5-7-15)12-16-9-2-3-13-8-10-17-11-13/h4-7,13,16-17H,2-3,8-12H2,1H3. The quantitative estimate of drug-likeness (QED) is 0.750. The highest BCUT2D eigenvalue weighted by atomic mass is 32.2. The largest absolute Gasteiger partial charge is 0.316 e. The molecule has 1 fully saturated rings. The third-order valence-corrected chi connectivity index (χ3v) is 4.94. The minimum absolute atomic E-state index is 0.384. The van der Waals surface area contributed by atoms with Gasteiger partial charge < -0.3 is 10.6 Å². The molecule has 0 aliphatic carbocycles. The molecule has 4 nitrogen and oxygen atoms in total. The lowest BCUT2D eigenvalue weighted by atomic mass is 10.0. The monoisotopic (exact) mass is 296 g/mol. The molecule has 112 valence electrons. The topological polar surface area (TPSA) is 58.2 Å². The summed E-state index contributed by atoms with van der Waals surface area (Å²) in [6.45, 7) is 4.16. The Kier molecular flexibility index (Phi) is 5.57. The van der Waals surface area contributed by atoms with E-state index in [0.29, 0.717) is 4.90 Å². The van der Waals surface area contributed by atoms with Crippen LogP contribution in [0.1, 0.15) is 24.8 Å². The van der Waals surface area contributed by atoms with Crippen LogP contribution in [0.15, 0.2) is 29.2 Å². The van der Waals surface area contributed by atoms with Crippen LogP contribution < -0.4 is 10.6 Å². The van der Waals surface area contributed by atoms with Gasteiger partial charge in [0.25, 0.3) is 0 Å². The van der Waals surface area contributed by atoms with E-state index in [1.807, 2.05) is 12.1 Å². The van der Waals surface area contributed by atoms with Crippen LogP contribution in [0.5, 0.6) is 0 Å². The Morgan fingerprint density at radius 2 is 2.05 bits per heavy atom. The van der Waals surface area contributed by atoms with E-state index >= 15 is 0 Å². The van der Waals surface area contributed by atoms with Gasteiger partial charge in [-0.2, -0.15) is 0 Å². The van der Waals surface area contributed by atoms with Crippen molar-refractivity contribution in [3.8, 4) is 0 Å². The molecule has 1 unspecified atom stereocenters. The molecule has 1 atom stereocenters. The fourth-order valence-corrected chi connectivity index (χ4v) is 3.19. The van der Waals surface area contributed by atoms with Crippen molar-refractivity contribution in [1.82, 2.24) is 10.6 Å². The van der Waals surface area contributed by atoms with E-state index < -0.39 is 9.84 Å². The number of rotatable bonds is 7. The second-order valence-electron chi connectivity index (χ2n) is 5.59. The summed E-state index contributed by atoms with van der Waals surface area (Å²) in [7, 11) is -3.08. The highest BCUT2D eigenvalue weighted by Gasteiger charge is 2.13. The van der Waals surface area contributed by atoms with Crippen molar-refractivity contribution in [3.63, 3.8) is 0 Å². The van der Waals surface area contributed by atoms with E-state index in [0.717, 1.165) is 24.6 Å². The highest BCUT2D eigenvalue weighted by Crippen LogP contribution is 2.14. The Balaban J connectivity index is 1.66. The number of sulfone groups is 1. The third kappa shape index (κ3) is 4.89. The molecule has 2 rings (SSSR count). The van der Waals surface area contributed by atoms with E-state index in [9.17, 15) is 8.42 Å². The van der Waals surface area contributed by atoms with Crippen molar-refractivity contribution < 1.29 is 8.42 Å². The predicted molar refractivity (Wildman–Crippen MR) is 81.5 cm³/mol. The summed E-state index contributed by atoms with van der Waals surface area (Å²) in [4.78, 5) is 0.384. The van der Waals surface area contributed by atoms with E-state index in [2.05, 4.69) is 10.6 Å². The number of benzene rings is 1. The first-order valence-electron chi connectivity index (χ1n) is 7.26. The van der Waals surface area contributed by atoms with Crippen molar-refractivity contribution in [3.05, 3.63) is 29.8 Å². The lowest BCUT2D eigenvalue weighted by Gasteiger charge is -2.09. The molecule has 0 aromatic heterocycles. The van der Waals surface area contributed by atoms with Crippen LogP contribution in [-0.4, -0.2) is 34.3 Å². The van der Waals surface area contributed by atoms with Crippen LogP contribution in [0.2, 0.25) is 0 Å². The number of hydrogen-bond donors (Lipinski definition) is 2. The van der Waals surface area contributed by atoms with Gasteiger partial charge in [0.1, 0.15) is 0 Å². The minimum atomic E-state index is -3.08. The molecule has 0 bridgehead atoms. The fraction of sp³-hybridized carbons (Fsp3) is 0.600. The molecule has 2 N–H and O–H groups in total. The minimum Gasteiger partial charge on any atom is -0.316 e. The molecule has 0 amide bonds. The average Bonchev–Trinajstić information content (AvgIpc) is 2.91. The predicted octanol–water partition coefficient (Wildman–Crippen LogP) is 1.57. The lowest BCUT2D eigenvalue weighted by Crippen LogP contribution is -2.16. The second-order valence-corrected chi connectivity index (χ2v) is 7.61. The highest BCUT2D eigenvalue weighted by molar-refractivity contribution is 7.90. The Bertz CT molecular complexity index is 505. The fourth-order valence-electron chi connectivity index (χ4n) is 2.56. The molecule has 0 radical (unpaired) electrons. The summed E-state index contributed by atoms with van der Waals surface area (Å²) in [6.07, 6.45) is 5.03. The zero-order valence-electron chi connectivity index (χ0n) is 12.1. The van der Waals surface area contributed by atoms with Gasteiger partial charge in [-0.15, -0.1) is 0 Å². The van der Waals surface area contributed by atoms with Crippen molar-refractivity contribution in [2.45, 2.75) is 30.7 Å². The summed E-state index contributed by atoms with van der Waals surface area (Å²) in [5.41, 5.74) is 1.12. The first kappa shape index (κ1) is 15.5. The molecular weight excluding hydrogens is 272 g/mol. The summed E-state index contributed by atoms with van der Waals surface area (Å²) < 4.78 is 22.7. The molecule has 5 heteroatoms. The number of hydrogen-bond acceptors (Lipinski definition) is 4.